The van der Waals surface area contributed by atoms with Crippen LogP contribution in [0.3, 0.4) is 0 Å². The Balaban J connectivity index is 1.65. The lowest BCUT2D eigenvalue weighted by Gasteiger charge is -2.42. The van der Waals surface area contributed by atoms with E-state index in [0.717, 1.165) is 10.8 Å². The van der Waals surface area contributed by atoms with Crippen LogP contribution >= 0.6 is 0 Å². The van der Waals surface area contributed by atoms with Crippen molar-refractivity contribution in [1.29, 1.82) is 0 Å². The summed E-state index contributed by atoms with van der Waals surface area (Å²) in [6.07, 6.45) is 0. The fraction of sp³-hybridized carbons (Fsp3) is 0.143. The third kappa shape index (κ3) is 2.43. The van der Waals surface area contributed by atoms with Gasteiger partial charge < -0.3 is 9.47 Å². The monoisotopic (exact) mass is 420 g/mol. The van der Waals surface area contributed by atoms with Gasteiger partial charge in [-0.2, -0.15) is 0 Å². The molecule has 4 aromatic carbocycles. The van der Waals surface area contributed by atoms with E-state index >= 15 is 0 Å². The molecule has 0 saturated heterocycles. The molecule has 0 N–H and O–H groups in total. The maximum absolute atomic E-state index is 12.4. The Morgan fingerprint density at radius 2 is 0.906 bits per heavy atom. The first kappa shape index (κ1) is 18.8. The quantitative estimate of drug-likeness (QED) is 0.352. The smallest absolute Gasteiger partial charge is 0.338 e. The first-order chi connectivity index (χ1) is 15.6. The molecule has 0 aliphatic heterocycles. The minimum Gasteiger partial charge on any atom is -0.465 e. The highest BCUT2D eigenvalue weighted by atomic mass is 16.5. The van der Waals surface area contributed by atoms with Gasteiger partial charge in [-0.05, 0) is 68.4 Å². The number of hydrogen-bond donors (Lipinski definition) is 0. The van der Waals surface area contributed by atoms with Gasteiger partial charge in [0.25, 0.3) is 0 Å². The van der Waals surface area contributed by atoms with E-state index in [9.17, 15) is 9.59 Å². The van der Waals surface area contributed by atoms with E-state index in [2.05, 4.69) is 60.7 Å². The van der Waals surface area contributed by atoms with Crippen LogP contribution in [0.4, 0.5) is 0 Å². The molecule has 0 radical (unpaired) electrons. The summed E-state index contributed by atoms with van der Waals surface area (Å²) in [6, 6.07) is 25.1. The average molecular weight is 420 g/mol. The summed E-state index contributed by atoms with van der Waals surface area (Å²) < 4.78 is 9.86. The van der Waals surface area contributed by atoms with Crippen molar-refractivity contribution in [2.24, 2.45) is 0 Å². The highest BCUT2D eigenvalue weighted by molar-refractivity contribution is 6.07. The first-order valence-electron chi connectivity index (χ1n) is 10.6. The topological polar surface area (TPSA) is 52.6 Å². The normalized spacial score (nSPS) is 17.3. The molecule has 0 aromatic heterocycles. The third-order valence-corrected chi connectivity index (χ3v) is 6.85. The van der Waals surface area contributed by atoms with E-state index in [1.54, 1.807) is 12.1 Å². The molecule has 4 nitrogen and oxygen atoms in total. The minimum atomic E-state index is -0.553. The average Bonchev–Trinajstić information content (AvgIpc) is 2.85. The van der Waals surface area contributed by atoms with Crippen LogP contribution in [0, 0.1) is 0 Å². The van der Waals surface area contributed by atoms with Crippen LogP contribution in [-0.2, 0) is 9.47 Å². The third-order valence-electron chi connectivity index (χ3n) is 6.85. The Morgan fingerprint density at radius 1 is 0.562 bits per heavy atom. The SMILES string of the molecule is COC(=O)c1cc2cc3c(cc2cc1C(=O)OC)C1c2ccccc2C3c2ccccc21. The zero-order valence-corrected chi connectivity index (χ0v) is 17.7. The molecular formula is C28H20O4. The highest BCUT2D eigenvalue weighted by Gasteiger charge is 2.41. The van der Waals surface area contributed by atoms with Gasteiger partial charge in [0.05, 0.1) is 25.3 Å². The van der Waals surface area contributed by atoms with E-state index in [1.165, 1.54) is 47.6 Å². The molecule has 3 aliphatic rings. The second-order valence-corrected chi connectivity index (χ2v) is 8.33. The van der Waals surface area contributed by atoms with Gasteiger partial charge in [-0.1, -0.05) is 48.5 Å². The van der Waals surface area contributed by atoms with Crippen LogP contribution < -0.4 is 0 Å². The lowest BCUT2D eigenvalue weighted by molar-refractivity contribution is 0.0555. The van der Waals surface area contributed by atoms with Crippen molar-refractivity contribution >= 4 is 22.7 Å². The largest absolute Gasteiger partial charge is 0.465 e. The molecule has 0 fully saturated rings. The molecule has 7 rings (SSSR count). The molecule has 0 atom stereocenters. The Labute approximate surface area is 185 Å². The van der Waals surface area contributed by atoms with Crippen molar-refractivity contribution in [2.75, 3.05) is 14.2 Å². The molecule has 0 heterocycles. The van der Waals surface area contributed by atoms with Crippen LogP contribution in [0.5, 0.6) is 0 Å². The molecule has 156 valence electrons. The molecule has 0 unspecified atom stereocenters. The van der Waals surface area contributed by atoms with Crippen molar-refractivity contribution in [3.63, 3.8) is 0 Å². The standard InChI is InChI=1S/C28H20O4/c1-31-27(29)23-13-15-11-21-22(12-16(15)14-24(23)28(30)32-2)26-19-9-5-3-7-17(19)25(21)18-8-4-6-10-20(18)26/h3-14,25-26H,1-2H3. The van der Waals surface area contributed by atoms with E-state index < -0.39 is 11.9 Å². The van der Waals surface area contributed by atoms with Gasteiger partial charge in [0.1, 0.15) is 0 Å². The van der Waals surface area contributed by atoms with Crippen molar-refractivity contribution in [1.82, 2.24) is 0 Å². The molecule has 0 saturated carbocycles. The molecule has 4 heteroatoms. The van der Waals surface area contributed by atoms with Gasteiger partial charge in [0.15, 0.2) is 0 Å². The van der Waals surface area contributed by atoms with Gasteiger partial charge in [0.2, 0.25) is 0 Å². The first-order valence-corrected chi connectivity index (χ1v) is 10.6. The number of methoxy groups -OCH3 is 2. The van der Waals surface area contributed by atoms with Crippen LogP contribution in [0.25, 0.3) is 10.8 Å². The number of carbonyl (C=O) groups is 2. The second kappa shape index (κ2) is 6.79. The molecule has 3 aliphatic carbocycles. The molecule has 4 aromatic rings. The number of rotatable bonds is 2. The summed E-state index contributed by atoms with van der Waals surface area (Å²) in [6.45, 7) is 0. The zero-order valence-electron chi connectivity index (χ0n) is 17.7. The van der Waals surface area contributed by atoms with Crippen LogP contribution in [0.1, 0.15) is 65.9 Å². The van der Waals surface area contributed by atoms with Crippen molar-refractivity contribution in [3.8, 4) is 0 Å². The number of hydrogen-bond acceptors (Lipinski definition) is 4. The summed E-state index contributed by atoms with van der Waals surface area (Å²) in [5.74, 6) is -0.813. The van der Waals surface area contributed by atoms with E-state index in [4.69, 9.17) is 9.47 Å². The fourth-order valence-electron chi connectivity index (χ4n) is 5.52. The molecular weight excluding hydrogens is 400 g/mol. The Morgan fingerprint density at radius 3 is 1.22 bits per heavy atom. The Hall–Kier alpha value is -3.92. The van der Waals surface area contributed by atoms with Crippen molar-refractivity contribution in [2.45, 2.75) is 11.8 Å². The maximum atomic E-state index is 12.4. The van der Waals surface area contributed by atoms with E-state index in [0.29, 0.717) is 0 Å². The van der Waals surface area contributed by atoms with E-state index in [1.807, 2.05) is 0 Å². The van der Waals surface area contributed by atoms with Gasteiger partial charge >= 0.3 is 11.9 Å². The lowest BCUT2D eigenvalue weighted by Crippen LogP contribution is -2.27. The summed E-state index contributed by atoms with van der Waals surface area (Å²) in [5.41, 5.74) is 8.28. The van der Waals surface area contributed by atoms with Crippen molar-refractivity contribution < 1.29 is 19.1 Å². The van der Waals surface area contributed by atoms with Crippen LogP contribution in [0.2, 0.25) is 0 Å². The number of ether oxygens (including phenoxy) is 2. The molecule has 2 bridgehead atoms. The molecule has 0 spiro atoms. The number of carbonyl (C=O) groups excluding carboxylic acids is 2. The molecule has 32 heavy (non-hydrogen) atoms. The highest BCUT2D eigenvalue weighted by Crippen LogP contribution is 2.56. The van der Waals surface area contributed by atoms with Gasteiger partial charge in [-0.15, -0.1) is 0 Å². The number of fused-ring (bicyclic) bond motifs is 1. The summed E-state index contributed by atoms with van der Waals surface area (Å²) in [5, 5.41) is 1.80. The molecule has 0 amide bonds. The predicted octanol–water partition coefficient (Wildman–Crippen LogP) is 5.40. The minimum absolute atomic E-state index is 0.147. The van der Waals surface area contributed by atoms with Crippen LogP contribution in [-0.4, -0.2) is 26.2 Å². The Bertz CT molecular complexity index is 1290. The maximum Gasteiger partial charge on any atom is 0.338 e. The van der Waals surface area contributed by atoms with Crippen LogP contribution in [0.15, 0.2) is 72.8 Å². The van der Waals surface area contributed by atoms with Gasteiger partial charge in [0, 0.05) is 11.8 Å². The van der Waals surface area contributed by atoms with Gasteiger partial charge in [-0.3, -0.25) is 0 Å². The number of esters is 2. The van der Waals surface area contributed by atoms with E-state index in [-0.39, 0.29) is 23.0 Å². The summed E-state index contributed by atoms with van der Waals surface area (Å²) in [4.78, 5) is 24.8. The zero-order chi connectivity index (χ0) is 22.0. The predicted molar refractivity (Wildman–Crippen MR) is 121 cm³/mol. The van der Waals surface area contributed by atoms with Crippen molar-refractivity contribution in [3.05, 3.63) is 117 Å². The Kier molecular flexibility index (Phi) is 3.99. The van der Waals surface area contributed by atoms with Gasteiger partial charge in [-0.25, -0.2) is 9.59 Å². The fourth-order valence-corrected chi connectivity index (χ4v) is 5.52. The lowest BCUT2D eigenvalue weighted by atomic mass is 9.61. The summed E-state index contributed by atoms with van der Waals surface area (Å²) >= 11 is 0. The number of benzene rings is 4. The summed E-state index contributed by atoms with van der Waals surface area (Å²) in [7, 11) is 2.63. The second-order valence-electron chi connectivity index (χ2n) is 8.33.